The number of aromatic amines is 1. The summed E-state index contributed by atoms with van der Waals surface area (Å²) < 4.78 is 27.5. The molecular formula is C20H24F2N2O. The summed E-state index contributed by atoms with van der Waals surface area (Å²) in [5.74, 6) is -3.30. The van der Waals surface area contributed by atoms with Crippen molar-refractivity contribution in [3.8, 4) is 0 Å². The Balaban J connectivity index is 1.59. The second-order valence-corrected chi connectivity index (χ2v) is 7.50. The van der Waals surface area contributed by atoms with Crippen LogP contribution in [0.1, 0.15) is 56.7 Å². The van der Waals surface area contributed by atoms with Crippen LogP contribution < -0.4 is 0 Å². The number of hydrogen-bond donors (Lipinski definition) is 1. The molecule has 2 fully saturated rings. The number of likely N-dealkylation sites (tertiary alicyclic amines) is 1. The molecule has 1 N–H and O–H groups in total. The Labute approximate surface area is 146 Å². The lowest BCUT2D eigenvalue weighted by atomic mass is 9.84. The summed E-state index contributed by atoms with van der Waals surface area (Å²) in [5.41, 5.74) is 2.08. The summed E-state index contributed by atoms with van der Waals surface area (Å²) in [4.78, 5) is 18.3. The second-order valence-electron chi connectivity index (χ2n) is 7.50. The molecule has 1 saturated heterocycles. The lowest BCUT2D eigenvalue weighted by molar-refractivity contribution is -0.146. The molecule has 0 unspecified atom stereocenters. The number of H-pyrrole nitrogens is 1. The maximum atomic E-state index is 13.8. The van der Waals surface area contributed by atoms with Gasteiger partial charge in [0.25, 0.3) is 0 Å². The third-order valence-corrected chi connectivity index (χ3v) is 5.69. The zero-order chi connectivity index (χ0) is 17.4. The molecule has 25 heavy (non-hydrogen) atoms. The zero-order valence-electron chi connectivity index (χ0n) is 14.3. The molecule has 2 heterocycles. The largest absolute Gasteiger partial charge is 0.357 e. The Bertz CT molecular complexity index is 737. The number of fused-ring (bicyclic) bond motifs is 1. The lowest BCUT2D eigenvalue weighted by Gasteiger charge is -2.39. The first kappa shape index (κ1) is 16.6. The first-order chi connectivity index (χ1) is 12.0. The number of para-hydroxylation sites is 1. The van der Waals surface area contributed by atoms with Gasteiger partial charge in [0.2, 0.25) is 11.8 Å². The predicted molar refractivity (Wildman–Crippen MR) is 93.5 cm³/mol. The molecule has 134 valence electrons. The zero-order valence-corrected chi connectivity index (χ0v) is 14.3. The van der Waals surface area contributed by atoms with E-state index in [2.05, 4.69) is 11.1 Å². The molecule has 3 nitrogen and oxygen atoms in total. The van der Waals surface area contributed by atoms with Crippen molar-refractivity contribution >= 4 is 16.8 Å². The van der Waals surface area contributed by atoms with Crippen LogP contribution in [0.25, 0.3) is 10.9 Å². The Morgan fingerprint density at radius 2 is 2.00 bits per heavy atom. The van der Waals surface area contributed by atoms with Gasteiger partial charge in [-0.1, -0.05) is 18.2 Å². The number of nitrogens with one attached hydrogen (secondary N) is 1. The highest BCUT2D eigenvalue weighted by atomic mass is 19.3. The van der Waals surface area contributed by atoms with E-state index in [1.165, 1.54) is 0 Å². The minimum atomic E-state index is -2.69. The smallest absolute Gasteiger partial charge is 0.248 e. The summed E-state index contributed by atoms with van der Waals surface area (Å²) in [7, 11) is 0. The van der Waals surface area contributed by atoms with Crippen molar-refractivity contribution in [2.45, 2.75) is 56.9 Å². The number of piperidine rings is 1. The van der Waals surface area contributed by atoms with E-state index in [9.17, 15) is 13.6 Å². The van der Waals surface area contributed by atoms with Crippen molar-refractivity contribution in [1.29, 1.82) is 0 Å². The first-order valence-electron chi connectivity index (χ1n) is 9.29. The quantitative estimate of drug-likeness (QED) is 0.812. The molecule has 1 aromatic carbocycles. The van der Waals surface area contributed by atoms with Crippen LogP contribution >= 0.6 is 0 Å². The fourth-order valence-electron chi connectivity index (χ4n) is 4.41. The van der Waals surface area contributed by atoms with Crippen LogP contribution in [-0.4, -0.2) is 28.3 Å². The average molecular weight is 346 g/mol. The van der Waals surface area contributed by atoms with Gasteiger partial charge in [-0.25, -0.2) is 8.78 Å². The molecule has 1 saturated carbocycles. The van der Waals surface area contributed by atoms with E-state index in [4.69, 9.17) is 0 Å². The van der Waals surface area contributed by atoms with E-state index in [-0.39, 0.29) is 24.8 Å². The number of halogens is 2. The molecule has 2 aliphatic rings. The molecule has 5 heteroatoms. The Kier molecular flexibility index (Phi) is 4.26. The molecule has 1 amide bonds. The van der Waals surface area contributed by atoms with Gasteiger partial charge in [-0.2, -0.15) is 0 Å². The maximum absolute atomic E-state index is 13.8. The van der Waals surface area contributed by atoms with Gasteiger partial charge in [-0.3, -0.25) is 4.79 Å². The highest BCUT2D eigenvalue weighted by molar-refractivity contribution is 5.82. The van der Waals surface area contributed by atoms with Crippen LogP contribution in [0.3, 0.4) is 0 Å². The number of carbonyl (C=O) groups is 1. The fraction of sp³-hybridized carbons (Fsp3) is 0.550. The van der Waals surface area contributed by atoms with Gasteiger partial charge < -0.3 is 9.88 Å². The molecule has 4 rings (SSSR count). The summed E-state index contributed by atoms with van der Waals surface area (Å²) in [6, 6.07) is 10.1. The summed E-state index contributed by atoms with van der Waals surface area (Å²) in [5, 5.41) is 1.12. The van der Waals surface area contributed by atoms with Gasteiger partial charge in [-0.15, -0.1) is 0 Å². The van der Waals surface area contributed by atoms with Crippen molar-refractivity contribution in [3.05, 3.63) is 36.0 Å². The van der Waals surface area contributed by atoms with Crippen LogP contribution in [0.2, 0.25) is 0 Å². The van der Waals surface area contributed by atoms with E-state index >= 15 is 0 Å². The number of hydrogen-bond acceptors (Lipinski definition) is 1. The normalized spacial score (nSPS) is 26.7. The van der Waals surface area contributed by atoms with E-state index in [0.29, 0.717) is 19.4 Å². The molecule has 0 spiro atoms. The number of benzene rings is 1. The minimum Gasteiger partial charge on any atom is -0.357 e. The standard InChI is InChI=1S/C20H24F2N2O/c21-20(22)10-5-7-15(13-20)19(25)24-11-4-3-9-18(24)17-12-14-6-1-2-8-16(14)23-17/h1-2,6,8,12,15,18,23H,3-5,7,9-11,13H2/t15-,18-/m0/s1. The average Bonchev–Trinajstić information content (AvgIpc) is 3.04. The molecule has 0 radical (unpaired) electrons. The lowest BCUT2D eigenvalue weighted by Crippen LogP contribution is -2.44. The maximum Gasteiger partial charge on any atom is 0.248 e. The van der Waals surface area contributed by atoms with E-state index in [1.807, 2.05) is 29.2 Å². The van der Waals surface area contributed by atoms with Gasteiger partial charge >= 0.3 is 0 Å². The van der Waals surface area contributed by atoms with Crippen LogP contribution in [-0.2, 0) is 4.79 Å². The number of alkyl halides is 2. The molecule has 0 bridgehead atoms. The van der Waals surface area contributed by atoms with Crippen molar-refractivity contribution in [3.63, 3.8) is 0 Å². The second kappa shape index (κ2) is 6.43. The first-order valence-corrected chi connectivity index (χ1v) is 9.29. The SMILES string of the molecule is O=C([C@H]1CCCC(F)(F)C1)N1CCCC[C@H]1c1cc2ccccc2[nH]1. The molecule has 1 aromatic heterocycles. The van der Waals surface area contributed by atoms with Gasteiger partial charge in [0.05, 0.1) is 6.04 Å². The van der Waals surface area contributed by atoms with Crippen molar-refractivity contribution in [2.75, 3.05) is 6.54 Å². The molecule has 2 aromatic rings. The molecule has 1 aliphatic heterocycles. The number of carbonyl (C=O) groups excluding carboxylic acids is 1. The van der Waals surface area contributed by atoms with E-state index in [0.717, 1.165) is 35.9 Å². The van der Waals surface area contributed by atoms with Crippen LogP contribution in [0.15, 0.2) is 30.3 Å². The van der Waals surface area contributed by atoms with Crippen molar-refractivity contribution in [2.24, 2.45) is 5.92 Å². The number of nitrogens with zero attached hydrogens (tertiary/aromatic N) is 1. The summed E-state index contributed by atoms with van der Waals surface area (Å²) in [6.07, 6.45) is 3.56. The number of amides is 1. The summed E-state index contributed by atoms with van der Waals surface area (Å²) in [6.45, 7) is 0.668. The van der Waals surface area contributed by atoms with Crippen molar-refractivity contribution < 1.29 is 13.6 Å². The van der Waals surface area contributed by atoms with E-state index < -0.39 is 11.8 Å². The van der Waals surface area contributed by atoms with Gasteiger partial charge in [-0.05, 0) is 49.6 Å². The highest BCUT2D eigenvalue weighted by Gasteiger charge is 2.42. The minimum absolute atomic E-state index is 0.0239. The van der Waals surface area contributed by atoms with Gasteiger partial charge in [0.15, 0.2) is 0 Å². The topological polar surface area (TPSA) is 36.1 Å². The van der Waals surface area contributed by atoms with Crippen LogP contribution in [0.5, 0.6) is 0 Å². The van der Waals surface area contributed by atoms with Crippen LogP contribution in [0, 0.1) is 5.92 Å². The number of rotatable bonds is 2. The highest BCUT2D eigenvalue weighted by Crippen LogP contribution is 2.40. The molecular weight excluding hydrogens is 322 g/mol. The van der Waals surface area contributed by atoms with Crippen molar-refractivity contribution in [1.82, 2.24) is 9.88 Å². The predicted octanol–water partition coefficient (Wildman–Crippen LogP) is 5.05. The Morgan fingerprint density at radius 3 is 2.80 bits per heavy atom. The van der Waals surface area contributed by atoms with Crippen LogP contribution in [0.4, 0.5) is 8.78 Å². The Hall–Kier alpha value is -1.91. The van der Waals surface area contributed by atoms with E-state index in [1.54, 1.807) is 0 Å². The molecule has 2 atom stereocenters. The Morgan fingerprint density at radius 1 is 1.16 bits per heavy atom. The monoisotopic (exact) mass is 346 g/mol. The third-order valence-electron chi connectivity index (χ3n) is 5.69. The summed E-state index contributed by atoms with van der Waals surface area (Å²) >= 11 is 0. The van der Waals surface area contributed by atoms with Gasteiger partial charge in [0.1, 0.15) is 0 Å². The van der Waals surface area contributed by atoms with Gasteiger partial charge in [0, 0.05) is 36.5 Å². The fourth-order valence-corrected chi connectivity index (χ4v) is 4.41. The molecule has 1 aliphatic carbocycles. The third kappa shape index (κ3) is 3.29. The number of aromatic nitrogens is 1.